The summed E-state index contributed by atoms with van der Waals surface area (Å²) in [5.74, 6) is 0. The highest BCUT2D eigenvalue weighted by atomic mass is 35.5. The van der Waals surface area contributed by atoms with E-state index < -0.39 is 0 Å². The second-order valence-corrected chi connectivity index (χ2v) is 4.94. The summed E-state index contributed by atoms with van der Waals surface area (Å²) in [6, 6.07) is 3.98. The summed E-state index contributed by atoms with van der Waals surface area (Å²) < 4.78 is 5.43. The summed E-state index contributed by atoms with van der Waals surface area (Å²) in [7, 11) is 1.81. The minimum atomic E-state index is 0.432. The standard InChI is InChI=1S/C13H19ClN2O/c1-17-12-3-2-7-16(8-5-12)10-11-4-6-15-13(14)9-11/h4,6,9,12H,2-3,5,7-8,10H2,1H3. The summed E-state index contributed by atoms with van der Waals surface area (Å²) in [6.45, 7) is 3.19. The third kappa shape index (κ3) is 3.95. The molecule has 1 aromatic heterocycles. The molecule has 1 saturated heterocycles. The normalized spacial score (nSPS) is 22.4. The van der Waals surface area contributed by atoms with Crippen molar-refractivity contribution in [2.45, 2.75) is 31.9 Å². The van der Waals surface area contributed by atoms with Crippen LogP contribution in [0.25, 0.3) is 0 Å². The van der Waals surface area contributed by atoms with Gasteiger partial charge in [-0.15, -0.1) is 0 Å². The van der Waals surface area contributed by atoms with Crippen molar-refractivity contribution >= 4 is 11.6 Å². The monoisotopic (exact) mass is 254 g/mol. The van der Waals surface area contributed by atoms with Gasteiger partial charge in [0, 0.05) is 26.4 Å². The zero-order valence-corrected chi connectivity index (χ0v) is 11.0. The Balaban J connectivity index is 1.90. The van der Waals surface area contributed by atoms with E-state index in [1.54, 1.807) is 6.20 Å². The lowest BCUT2D eigenvalue weighted by molar-refractivity contribution is 0.0895. The van der Waals surface area contributed by atoms with Gasteiger partial charge in [0.05, 0.1) is 6.10 Å². The van der Waals surface area contributed by atoms with Crippen LogP contribution in [0.4, 0.5) is 0 Å². The summed E-state index contributed by atoms with van der Waals surface area (Å²) in [6.07, 6.45) is 5.70. The van der Waals surface area contributed by atoms with Gasteiger partial charge in [0.25, 0.3) is 0 Å². The number of hydrogen-bond acceptors (Lipinski definition) is 3. The number of likely N-dealkylation sites (tertiary alicyclic amines) is 1. The molecule has 1 aromatic rings. The molecule has 0 aliphatic carbocycles. The number of aromatic nitrogens is 1. The Hall–Kier alpha value is -0.640. The van der Waals surface area contributed by atoms with E-state index in [9.17, 15) is 0 Å². The van der Waals surface area contributed by atoms with E-state index in [1.807, 2.05) is 19.2 Å². The van der Waals surface area contributed by atoms with E-state index in [2.05, 4.69) is 9.88 Å². The fraction of sp³-hybridized carbons (Fsp3) is 0.615. The van der Waals surface area contributed by atoms with Crippen LogP contribution < -0.4 is 0 Å². The average Bonchev–Trinajstić information content (AvgIpc) is 2.54. The van der Waals surface area contributed by atoms with Crippen molar-refractivity contribution in [1.29, 1.82) is 0 Å². The summed E-state index contributed by atoms with van der Waals surface area (Å²) in [5, 5.41) is 0.576. The molecule has 2 heterocycles. The Bertz CT molecular complexity index is 359. The molecule has 2 rings (SSSR count). The van der Waals surface area contributed by atoms with E-state index in [0.29, 0.717) is 11.3 Å². The molecule has 0 bridgehead atoms. The van der Waals surface area contributed by atoms with Crippen LogP contribution in [0.1, 0.15) is 24.8 Å². The van der Waals surface area contributed by atoms with E-state index in [0.717, 1.165) is 26.1 Å². The number of methoxy groups -OCH3 is 1. The van der Waals surface area contributed by atoms with Crippen LogP contribution in [-0.2, 0) is 11.3 Å². The highest BCUT2D eigenvalue weighted by molar-refractivity contribution is 6.29. The molecule has 3 nitrogen and oxygen atoms in total. The first-order valence-electron chi connectivity index (χ1n) is 6.13. The van der Waals surface area contributed by atoms with Crippen LogP contribution in [0.3, 0.4) is 0 Å². The molecule has 1 fully saturated rings. The topological polar surface area (TPSA) is 25.4 Å². The van der Waals surface area contributed by atoms with E-state index >= 15 is 0 Å². The van der Waals surface area contributed by atoms with Gasteiger partial charge in [-0.05, 0) is 43.5 Å². The molecule has 1 atom stereocenters. The molecule has 1 aliphatic rings. The number of hydrogen-bond donors (Lipinski definition) is 0. The smallest absolute Gasteiger partial charge is 0.129 e. The highest BCUT2D eigenvalue weighted by Gasteiger charge is 2.16. The van der Waals surface area contributed by atoms with Gasteiger partial charge in [0.15, 0.2) is 0 Å². The Kier molecular flexibility index (Phi) is 4.77. The van der Waals surface area contributed by atoms with Crippen LogP contribution in [-0.4, -0.2) is 36.2 Å². The van der Waals surface area contributed by atoms with Gasteiger partial charge in [-0.2, -0.15) is 0 Å². The van der Waals surface area contributed by atoms with Crippen molar-refractivity contribution in [2.75, 3.05) is 20.2 Å². The molecule has 17 heavy (non-hydrogen) atoms. The molecular weight excluding hydrogens is 236 g/mol. The van der Waals surface area contributed by atoms with Gasteiger partial charge >= 0.3 is 0 Å². The Labute approximate surface area is 108 Å². The molecule has 4 heteroatoms. The number of ether oxygens (including phenoxy) is 1. The maximum Gasteiger partial charge on any atom is 0.129 e. The number of halogens is 1. The minimum absolute atomic E-state index is 0.432. The van der Waals surface area contributed by atoms with Gasteiger partial charge in [0.2, 0.25) is 0 Å². The molecule has 0 amide bonds. The summed E-state index contributed by atoms with van der Waals surface area (Å²) in [4.78, 5) is 6.47. The molecule has 94 valence electrons. The third-order valence-corrected chi connectivity index (χ3v) is 3.50. The van der Waals surface area contributed by atoms with Crippen LogP contribution >= 0.6 is 11.6 Å². The second kappa shape index (κ2) is 6.34. The number of nitrogens with zero attached hydrogens (tertiary/aromatic N) is 2. The fourth-order valence-corrected chi connectivity index (χ4v) is 2.51. The zero-order valence-electron chi connectivity index (χ0n) is 10.2. The first-order valence-corrected chi connectivity index (χ1v) is 6.51. The molecule has 0 aromatic carbocycles. The molecule has 0 radical (unpaired) electrons. The highest BCUT2D eigenvalue weighted by Crippen LogP contribution is 2.16. The van der Waals surface area contributed by atoms with Crippen molar-refractivity contribution < 1.29 is 4.74 Å². The molecular formula is C13H19ClN2O. The van der Waals surface area contributed by atoms with Crippen LogP contribution in [0, 0.1) is 0 Å². The predicted octanol–water partition coefficient (Wildman–Crippen LogP) is 2.74. The SMILES string of the molecule is COC1CCCN(Cc2ccnc(Cl)c2)CC1. The molecule has 0 N–H and O–H groups in total. The first kappa shape index (κ1) is 12.8. The van der Waals surface area contributed by atoms with Gasteiger partial charge in [-0.25, -0.2) is 4.98 Å². The quantitative estimate of drug-likeness (QED) is 0.776. The lowest BCUT2D eigenvalue weighted by Crippen LogP contribution is -2.24. The number of pyridine rings is 1. The van der Waals surface area contributed by atoms with Crippen LogP contribution in [0.15, 0.2) is 18.3 Å². The van der Waals surface area contributed by atoms with Gasteiger partial charge in [-0.1, -0.05) is 11.6 Å². The third-order valence-electron chi connectivity index (χ3n) is 3.30. The lowest BCUT2D eigenvalue weighted by atomic mass is 10.2. The van der Waals surface area contributed by atoms with Crippen molar-refractivity contribution in [1.82, 2.24) is 9.88 Å². The Morgan fingerprint density at radius 3 is 3.12 bits per heavy atom. The Morgan fingerprint density at radius 2 is 2.35 bits per heavy atom. The molecule has 1 aliphatic heterocycles. The van der Waals surface area contributed by atoms with Crippen molar-refractivity contribution in [3.63, 3.8) is 0 Å². The predicted molar refractivity (Wildman–Crippen MR) is 69.2 cm³/mol. The number of rotatable bonds is 3. The van der Waals surface area contributed by atoms with Crippen molar-refractivity contribution in [3.8, 4) is 0 Å². The van der Waals surface area contributed by atoms with Crippen molar-refractivity contribution in [3.05, 3.63) is 29.0 Å². The average molecular weight is 255 g/mol. The Morgan fingerprint density at radius 1 is 1.47 bits per heavy atom. The minimum Gasteiger partial charge on any atom is -0.381 e. The van der Waals surface area contributed by atoms with Gasteiger partial charge < -0.3 is 4.74 Å². The fourth-order valence-electron chi connectivity index (χ4n) is 2.32. The lowest BCUT2D eigenvalue weighted by Gasteiger charge is -2.20. The summed E-state index contributed by atoms with van der Waals surface area (Å²) >= 11 is 5.89. The van der Waals surface area contributed by atoms with E-state index in [1.165, 1.54) is 18.4 Å². The maximum absolute atomic E-state index is 5.89. The second-order valence-electron chi connectivity index (χ2n) is 4.55. The zero-order chi connectivity index (χ0) is 12.1. The van der Waals surface area contributed by atoms with Gasteiger partial charge in [-0.3, -0.25) is 4.90 Å². The van der Waals surface area contributed by atoms with Crippen LogP contribution in [0.2, 0.25) is 5.15 Å². The largest absolute Gasteiger partial charge is 0.381 e. The van der Waals surface area contributed by atoms with E-state index in [4.69, 9.17) is 16.3 Å². The summed E-state index contributed by atoms with van der Waals surface area (Å²) in [5.41, 5.74) is 1.24. The van der Waals surface area contributed by atoms with E-state index in [-0.39, 0.29) is 0 Å². The van der Waals surface area contributed by atoms with Gasteiger partial charge in [0.1, 0.15) is 5.15 Å². The van der Waals surface area contributed by atoms with Crippen molar-refractivity contribution in [2.24, 2.45) is 0 Å². The maximum atomic E-state index is 5.89. The first-order chi connectivity index (χ1) is 8.28. The molecule has 0 saturated carbocycles. The molecule has 0 spiro atoms. The van der Waals surface area contributed by atoms with Crippen LogP contribution in [0.5, 0.6) is 0 Å². The molecule has 1 unspecified atom stereocenters.